The predicted molar refractivity (Wildman–Crippen MR) is 80.5 cm³/mol. The highest BCUT2D eigenvalue weighted by Gasteiger charge is 2.17. The number of hydrogen-bond donors (Lipinski definition) is 2. The van der Waals surface area contributed by atoms with E-state index in [1.165, 1.54) is 12.8 Å². The van der Waals surface area contributed by atoms with Crippen LogP contribution in [0.1, 0.15) is 36.9 Å². The molecule has 0 amide bonds. The molecule has 1 fully saturated rings. The van der Waals surface area contributed by atoms with E-state index in [9.17, 15) is 0 Å². The molecule has 1 aromatic rings. The van der Waals surface area contributed by atoms with Gasteiger partial charge in [0.2, 0.25) is 0 Å². The molecule has 0 radical (unpaired) electrons. The van der Waals surface area contributed by atoms with Gasteiger partial charge in [-0.15, -0.1) is 0 Å². The first-order valence-electron chi connectivity index (χ1n) is 6.78. The molecule has 5 nitrogen and oxygen atoms in total. The van der Waals surface area contributed by atoms with Gasteiger partial charge in [0.1, 0.15) is 10.8 Å². The van der Waals surface area contributed by atoms with Crippen LogP contribution in [-0.4, -0.2) is 34.0 Å². The van der Waals surface area contributed by atoms with Gasteiger partial charge in [-0.3, -0.25) is 4.68 Å². The maximum atomic E-state index is 5.76. The van der Waals surface area contributed by atoms with E-state index in [2.05, 4.69) is 10.4 Å². The van der Waals surface area contributed by atoms with E-state index in [4.69, 9.17) is 22.7 Å². The van der Waals surface area contributed by atoms with Gasteiger partial charge >= 0.3 is 0 Å². The molecule has 2 heterocycles. The van der Waals surface area contributed by atoms with Crippen molar-refractivity contribution in [2.45, 2.75) is 38.7 Å². The lowest BCUT2D eigenvalue weighted by Gasteiger charge is -2.22. The van der Waals surface area contributed by atoms with Gasteiger partial charge in [-0.25, -0.2) is 0 Å². The fraction of sp³-hybridized carbons (Fsp3) is 0.692. The summed E-state index contributed by atoms with van der Waals surface area (Å²) in [4.78, 5) is 0.391. The monoisotopic (exact) mass is 282 g/mol. The van der Waals surface area contributed by atoms with Crippen LogP contribution in [0.15, 0.2) is 0 Å². The molecule has 0 aliphatic carbocycles. The second kappa shape index (κ2) is 6.34. The van der Waals surface area contributed by atoms with E-state index in [0.29, 0.717) is 11.1 Å². The molecule has 106 valence electrons. The zero-order valence-electron chi connectivity index (χ0n) is 11.6. The Kier molecular flexibility index (Phi) is 4.76. The summed E-state index contributed by atoms with van der Waals surface area (Å²) in [6, 6.07) is 0. The van der Waals surface area contributed by atoms with Crippen molar-refractivity contribution in [1.29, 1.82) is 0 Å². The maximum Gasteiger partial charge on any atom is 0.134 e. The molecule has 1 aliphatic rings. The normalized spacial score (nSPS) is 19.4. The lowest BCUT2D eigenvalue weighted by Crippen LogP contribution is -2.23. The van der Waals surface area contributed by atoms with Crippen LogP contribution in [0.5, 0.6) is 0 Å². The molecule has 0 bridgehead atoms. The Balaban J connectivity index is 1.93. The molecule has 2 rings (SSSR count). The minimum absolute atomic E-state index is 0.379. The minimum atomic E-state index is 0.379. The van der Waals surface area contributed by atoms with Gasteiger partial charge in [0.15, 0.2) is 0 Å². The van der Waals surface area contributed by atoms with Crippen LogP contribution in [0, 0.1) is 6.92 Å². The largest absolute Gasteiger partial charge is 0.389 e. The molecule has 0 spiro atoms. The van der Waals surface area contributed by atoms with E-state index in [1.54, 1.807) is 4.68 Å². The van der Waals surface area contributed by atoms with Crippen LogP contribution >= 0.6 is 12.2 Å². The third-order valence-corrected chi connectivity index (χ3v) is 3.71. The highest BCUT2D eigenvalue weighted by Crippen LogP contribution is 2.20. The van der Waals surface area contributed by atoms with Crippen LogP contribution in [0.25, 0.3) is 0 Å². The van der Waals surface area contributed by atoms with Crippen molar-refractivity contribution in [1.82, 2.24) is 9.78 Å². The van der Waals surface area contributed by atoms with Gasteiger partial charge in [0, 0.05) is 20.2 Å². The third kappa shape index (κ3) is 3.45. The van der Waals surface area contributed by atoms with Crippen molar-refractivity contribution in [3.63, 3.8) is 0 Å². The predicted octanol–water partition coefficient (Wildman–Crippen LogP) is 1.73. The van der Waals surface area contributed by atoms with Crippen LogP contribution in [0.4, 0.5) is 5.82 Å². The summed E-state index contributed by atoms with van der Waals surface area (Å²) in [7, 11) is 1.90. The number of hydrogen-bond acceptors (Lipinski definition) is 4. The number of thiocarbonyl (C=S) groups is 1. The van der Waals surface area contributed by atoms with Crippen LogP contribution < -0.4 is 11.1 Å². The summed E-state index contributed by atoms with van der Waals surface area (Å²) in [5, 5.41) is 7.74. The number of aryl methyl sites for hydroxylation is 2. The Bertz CT molecular complexity index is 452. The van der Waals surface area contributed by atoms with E-state index in [1.807, 2.05) is 14.0 Å². The molecular weight excluding hydrogens is 260 g/mol. The Morgan fingerprint density at radius 3 is 3.00 bits per heavy atom. The zero-order valence-corrected chi connectivity index (χ0v) is 12.4. The first kappa shape index (κ1) is 14.3. The highest BCUT2D eigenvalue weighted by molar-refractivity contribution is 7.80. The second-order valence-electron chi connectivity index (χ2n) is 5.00. The average Bonchev–Trinajstić information content (AvgIpc) is 2.65. The lowest BCUT2D eigenvalue weighted by atomic mass is 10.1. The lowest BCUT2D eigenvalue weighted by molar-refractivity contribution is 0.0134. The number of nitrogens with zero attached hydrogens (tertiary/aromatic N) is 2. The van der Waals surface area contributed by atoms with Gasteiger partial charge in [0.05, 0.1) is 17.4 Å². The van der Waals surface area contributed by atoms with Gasteiger partial charge in [0.25, 0.3) is 0 Å². The van der Waals surface area contributed by atoms with Crippen LogP contribution in [-0.2, 0) is 11.8 Å². The Morgan fingerprint density at radius 1 is 1.58 bits per heavy atom. The van der Waals surface area contributed by atoms with Crippen molar-refractivity contribution in [2.75, 3.05) is 18.5 Å². The zero-order chi connectivity index (χ0) is 13.8. The molecular formula is C13H22N4OS. The molecule has 19 heavy (non-hydrogen) atoms. The van der Waals surface area contributed by atoms with E-state index in [0.717, 1.165) is 43.1 Å². The number of rotatable bonds is 5. The fourth-order valence-electron chi connectivity index (χ4n) is 2.54. The molecule has 0 aromatic carbocycles. The summed E-state index contributed by atoms with van der Waals surface area (Å²) in [6.07, 6.45) is 5.00. The van der Waals surface area contributed by atoms with Gasteiger partial charge in [-0.1, -0.05) is 12.2 Å². The van der Waals surface area contributed by atoms with Gasteiger partial charge < -0.3 is 15.8 Å². The molecule has 1 saturated heterocycles. The van der Waals surface area contributed by atoms with Crippen LogP contribution in [0.2, 0.25) is 0 Å². The number of ether oxygens (including phenoxy) is 1. The number of nitrogens with two attached hydrogens (primary N) is 1. The molecule has 1 aliphatic heterocycles. The Morgan fingerprint density at radius 2 is 2.37 bits per heavy atom. The standard InChI is InChI=1S/C13H22N4OS/c1-9-11(12(14)19)13(17(2)16-9)15-7-6-10-5-3-4-8-18-10/h10,15H,3-8H2,1-2H3,(H2,14,19). The molecule has 1 atom stereocenters. The van der Waals surface area contributed by atoms with E-state index < -0.39 is 0 Å². The first-order valence-corrected chi connectivity index (χ1v) is 7.19. The van der Waals surface area contributed by atoms with Crippen molar-refractivity contribution < 1.29 is 4.74 Å². The molecule has 0 saturated carbocycles. The second-order valence-corrected chi connectivity index (χ2v) is 5.44. The summed E-state index contributed by atoms with van der Waals surface area (Å²) in [6.45, 7) is 3.66. The highest BCUT2D eigenvalue weighted by atomic mass is 32.1. The third-order valence-electron chi connectivity index (χ3n) is 3.50. The summed E-state index contributed by atoms with van der Waals surface area (Å²) < 4.78 is 7.51. The van der Waals surface area contributed by atoms with Gasteiger partial charge in [-0.2, -0.15) is 5.10 Å². The van der Waals surface area contributed by atoms with Crippen molar-refractivity contribution in [2.24, 2.45) is 12.8 Å². The van der Waals surface area contributed by atoms with Crippen molar-refractivity contribution in [3.8, 4) is 0 Å². The maximum absolute atomic E-state index is 5.76. The Labute approximate surface area is 119 Å². The summed E-state index contributed by atoms with van der Waals surface area (Å²) in [5.41, 5.74) is 7.47. The molecule has 3 N–H and O–H groups in total. The van der Waals surface area contributed by atoms with Gasteiger partial charge in [-0.05, 0) is 32.6 Å². The quantitative estimate of drug-likeness (QED) is 0.805. The van der Waals surface area contributed by atoms with Crippen LogP contribution in [0.3, 0.4) is 0 Å². The molecule has 1 aromatic heterocycles. The summed E-state index contributed by atoms with van der Waals surface area (Å²) >= 11 is 5.09. The first-order chi connectivity index (χ1) is 9.09. The van der Waals surface area contributed by atoms with E-state index in [-0.39, 0.29) is 0 Å². The van der Waals surface area contributed by atoms with E-state index >= 15 is 0 Å². The number of aromatic nitrogens is 2. The average molecular weight is 282 g/mol. The molecule has 1 unspecified atom stereocenters. The molecule has 6 heteroatoms. The van der Waals surface area contributed by atoms with Crippen molar-refractivity contribution in [3.05, 3.63) is 11.3 Å². The number of anilines is 1. The SMILES string of the molecule is Cc1nn(C)c(NCCC2CCCCO2)c1C(N)=S. The topological polar surface area (TPSA) is 65.1 Å². The minimum Gasteiger partial charge on any atom is -0.389 e. The fourth-order valence-corrected chi connectivity index (χ4v) is 2.79. The Hall–Kier alpha value is -1.14. The van der Waals surface area contributed by atoms with Crippen molar-refractivity contribution >= 4 is 23.0 Å². The smallest absolute Gasteiger partial charge is 0.134 e. The number of nitrogens with one attached hydrogen (secondary N) is 1. The summed E-state index contributed by atoms with van der Waals surface area (Å²) in [5.74, 6) is 0.904.